The van der Waals surface area contributed by atoms with E-state index in [1.54, 1.807) is 0 Å². The number of fused-ring (bicyclic) bond motifs is 1. The summed E-state index contributed by atoms with van der Waals surface area (Å²) in [5.41, 5.74) is 2.30. The van der Waals surface area contributed by atoms with Crippen LogP contribution < -0.4 is 10.2 Å². The lowest BCUT2D eigenvalue weighted by Gasteiger charge is -2.34. The molecule has 2 aliphatic carbocycles. The van der Waals surface area contributed by atoms with Gasteiger partial charge in [-0.3, -0.25) is 9.59 Å². The Morgan fingerprint density at radius 1 is 0.885 bits per heavy atom. The molecule has 0 saturated heterocycles. The maximum atomic E-state index is 13.3. The SMILES string of the molecule is O=C(NC1CCCCC1)C1CCCCC1C(=O)N1CCc2ccccc21. The second-order valence-electron chi connectivity index (χ2n) is 8.21. The second kappa shape index (κ2) is 7.81. The minimum absolute atomic E-state index is 0.127. The van der Waals surface area contributed by atoms with Crippen molar-refractivity contribution in [3.05, 3.63) is 29.8 Å². The largest absolute Gasteiger partial charge is 0.353 e. The molecule has 1 aromatic carbocycles. The molecule has 2 fully saturated rings. The van der Waals surface area contributed by atoms with Crippen molar-refractivity contribution >= 4 is 17.5 Å². The molecule has 0 spiro atoms. The summed E-state index contributed by atoms with van der Waals surface area (Å²) in [4.78, 5) is 28.2. The third-order valence-corrected chi connectivity index (χ3v) is 6.52. The zero-order valence-electron chi connectivity index (χ0n) is 15.6. The molecule has 2 saturated carbocycles. The molecule has 1 heterocycles. The first-order valence-corrected chi connectivity index (χ1v) is 10.4. The molecule has 2 unspecified atom stereocenters. The van der Waals surface area contributed by atoms with Crippen molar-refractivity contribution in [1.29, 1.82) is 0 Å². The van der Waals surface area contributed by atoms with Crippen LogP contribution in [0.4, 0.5) is 5.69 Å². The number of nitrogens with zero attached hydrogens (tertiary/aromatic N) is 1. The minimum atomic E-state index is -0.154. The van der Waals surface area contributed by atoms with Gasteiger partial charge in [-0.2, -0.15) is 0 Å². The molecule has 26 heavy (non-hydrogen) atoms. The molecular weight excluding hydrogens is 324 g/mol. The van der Waals surface area contributed by atoms with Crippen molar-refractivity contribution < 1.29 is 9.59 Å². The first kappa shape index (κ1) is 17.6. The van der Waals surface area contributed by atoms with Crippen molar-refractivity contribution in [3.63, 3.8) is 0 Å². The Morgan fingerprint density at radius 3 is 2.38 bits per heavy atom. The van der Waals surface area contributed by atoms with E-state index in [4.69, 9.17) is 0 Å². The Balaban J connectivity index is 1.47. The molecule has 4 nitrogen and oxygen atoms in total. The Hall–Kier alpha value is -1.84. The van der Waals surface area contributed by atoms with E-state index in [-0.39, 0.29) is 23.7 Å². The van der Waals surface area contributed by atoms with Gasteiger partial charge in [0.1, 0.15) is 0 Å². The van der Waals surface area contributed by atoms with Crippen LogP contribution >= 0.6 is 0 Å². The summed E-state index contributed by atoms with van der Waals surface area (Å²) in [6, 6.07) is 8.50. The quantitative estimate of drug-likeness (QED) is 0.897. The molecule has 0 bridgehead atoms. The van der Waals surface area contributed by atoms with Crippen molar-refractivity contribution in [3.8, 4) is 0 Å². The van der Waals surface area contributed by atoms with E-state index < -0.39 is 0 Å². The lowest BCUT2D eigenvalue weighted by Crippen LogP contribution is -2.47. The zero-order chi connectivity index (χ0) is 17.9. The standard InChI is InChI=1S/C22H30N2O2/c25-21(23-17-9-2-1-3-10-17)18-11-5-6-12-19(18)22(26)24-15-14-16-8-4-7-13-20(16)24/h4,7-8,13,17-19H,1-3,5-6,9-12,14-15H2,(H,23,25). The number of hydrogen-bond acceptors (Lipinski definition) is 2. The highest BCUT2D eigenvalue weighted by Crippen LogP contribution is 2.36. The van der Waals surface area contributed by atoms with Gasteiger partial charge < -0.3 is 10.2 Å². The Kier molecular flexibility index (Phi) is 5.28. The maximum absolute atomic E-state index is 13.3. The van der Waals surface area contributed by atoms with Crippen molar-refractivity contribution in [2.75, 3.05) is 11.4 Å². The zero-order valence-corrected chi connectivity index (χ0v) is 15.6. The average Bonchev–Trinajstić information content (AvgIpc) is 3.12. The highest BCUT2D eigenvalue weighted by molar-refractivity contribution is 5.99. The summed E-state index contributed by atoms with van der Waals surface area (Å²) in [6.07, 6.45) is 10.6. The molecule has 0 radical (unpaired) electrons. The van der Waals surface area contributed by atoms with Gasteiger partial charge in [0.05, 0.1) is 5.92 Å². The molecule has 1 aliphatic heterocycles. The molecule has 4 rings (SSSR count). The van der Waals surface area contributed by atoms with Crippen molar-refractivity contribution in [2.45, 2.75) is 70.3 Å². The van der Waals surface area contributed by atoms with Gasteiger partial charge in [0.2, 0.25) is 11.8 Å². The minimum Gasteiger partial charge on any atom is -0.353 e. The van der Waals surface area contributed by atoms with E-state index in [9.17, 15) is 9.59 Å². The predicted octanol–water partition coefficient (Wildman–Crippen LogP) is 3.83. The Morgan fingerprint density at radius 2 is 1.58 bits per heavy atom. The number of amides is 2. The lowest BCUT2D eigenvalue weighted by molar-refractivity contribution is -0.135. The van der Waals surface area contributed by atoms with E-state index in [1.165, 1.54) is 24.8 Å². The van der Waals surface area contributed by atoms with Gasteiger partial charge in [0.25, 0.3) is 0 Å². The van der Waals surface area contributed by atoms with Crippen molar-refractivity contribution in [2.24, 2.45) is 11.8 Å². The van der Waals surface area contributed by atoms with Gasteiger partial charge in [-0.1, -0.05) is 50.3 Å². The molecule has 140 valence electrons. The van der Waals surface area contributed by atoms with E-state index in [0.29, 0.717) is 6.04 Å². The Bertz CT molecular complexity index is 666. The number of rotatable bonds is 3. The topological polar surface area (TPSA) is 49.4 Å². The number of carbonyl (C=O) groups excluding carboxylic acids is 2. The number of hydrogen-bond donors (Lipinski definition) is 1. The first-order valence-electron chi connectivity index (χ1n) is 10.4. The summed E-state index contributed by atoms with van der Waals surface area (Å²) in [6.45, 7) is 0.756. The maximum Gasteiger partial charge on any atom is 0.230 e. The molecule has 1 aromatic rings. The van der Waals surface area contributed by atoms with Crippen LogP contribution in [-0.4, -0.2) is 24.4 Å². The second-order valence-corrected chi connectivity index (χ2v) is 8.21. The molecule has 2 amide bonds. The van der Waals surface area contributed by atoms with Crippen LogP contribution in [-0.2, 0) is 16.0 Å². The van der Waals surface area contributed by atoms with Crippen LogP contribution in [0.1, 0.15) is 63.4 Å². The fourth-order valence-corrected chi connectivity index (χ4v) is 5.06. The number of anilines is 1. The van der Waals surface area contributed by atoms with Crippen LogP contribution in [0.3, 0.4) is 0 Å². The van der Waals surface area contributed by atoms with Crippen LogP contribution in [0.5, 0.6) is 0 Å². The fraction of sp³-hybridized carbons (Fsp3) is 0.636. The number of para-hydroxylation sites is 1. The number of carbonyl (C=O) groups is 2. The monoisotopic (exact) mass is 354 g/mol. The molecule has 1 N–H and O–H groups in total. The summed E-state index contributed by atoms with van der Waals surface area (Å²) < 4.78 is 0. The smallest absolute Gasteiger partial charge is 0.230 e. The molecular formula is C22H30N2O2. The Labute approximate surface area is 156 Å². The summed E-state index contributed by atoms with van der Waals surface area (Å²) >= 11 is 0. The fourth-order valence-electron chi connectivity index (χ4n) is 5.06. The van der Waals surface area contributed by atoms with Gasteiger partial charge >= 0.3 is 0 Å². The summed E-state index contributed by atoms with van der Waals surface area (Å²) in [7, 11) is 0. The van der Waals surface area contributed by atoms with Gasteiger partial charge in [0.15, 0.2) is 0 Å². The highest BCUT2D eigenvalue weighted by atomic mass is 16.2. The molecule has 0 aromatic heterocycles. The summed E-state index contributed by atoms with van der Waals surface area (Å²) in [5, 5.41) is 3.27. The number of nitrogens with one attached hydrogen (secondary N) is 1. The third kappa shape index (κ3) is 3.51. The van der Waals surface area contributed by atoms with Crippen molar-refractivity contribution in [1.82, 2.24) is 5.32 Å². The van der Waals surface area contributed by atoms with E-state index in [2.05, 4.69) is 11.4 Å². The number of benzene rings is 1. The summed E-state index contributed by atoms with van der Waals surface area (Å²) in [5.74, 6) is -0.00897. The molecule has 4 heteroatoms. The third-order valence-electron chi connectivity index (χ3n) is 6.52. The molecule has 3 aliphatic rings. The van der Waals surface area contributed by atoms with E-state index >= 15 is 0 Å². The first-order chi connectivity index (χ1) is 12.7. The van der Waals surface area contributed by atoms with Crippen LogP contribution in [0.2, 0.25) is 0 Å². The van der Waals surface area contributed by atoms with Crippen LogP contribution in [0.25, 0.3) is 0 Å². The van der Waals surface area contributed by atoms with E-state index in [1.807, 2.05) is 23.1 Å². The lowest BCUT2D eigenvalue weighted by atomic mass is 9.77. The van der Waals surface area contributed by atoms with E-state index in [0.717, 1.165) is 57.2 Å². The molecule has 2 atom stereocenters. The predicted molar refractivity (Wildman–Crippen MR) is 103 cm³/mol. The van der Waals surface area contributed by atoms with Gasteiger partial charge in [-0.15, -0.1) is 0 Å². The van der Waals surface area contributed by atoms with Crippen LogP contribution in [0, 0.1) is 11.8 Å². The van der Waals surface area contributed by atoms with Crippen LogP contribution in [0.15, 0.2) is 24.3 Å². The highest BCUT2D eigenvalue weighted by Gasteiger charge is 2.40. The average molecular weight is 354 g/mol. The normalized spacial score (nSPS) is 26.4. The van der Waals surface area contributed by atoms with Gasteiger partial charge in [0, 0.05) is 24.2 Å². The van der Waals surface area contributed by atoms with Gasteiger partial charge in [-0.05, 0) is 43.7 Å². The van der Waals surface area contributed by atoms with Gasteiger partial charge in [-0.25, -0.2) is 0 Å².